The minimum Gasteiger partial charge on any atom is -0.440 e. The van der Waals surface area contributed by atoms with Crippen LogP contribution >= 0.6 is 11.8 Å². The molecule has 0 aliphatic heterocycles. The molecule has 0 fully saturated rings. The summed E-state index contributed by atoms with van der Waals surface area (Å²) in [4.78, 5) is 5.83. The van der Waals surface area contributed by atoms with Gasteiger partial charge in [0.25, 0.3) is 0 Å². The van der Waals surface area contributed by atoms with Crippen molar-refractivity contribution in [3.63, 3.8) is 0 Å². The van der Waals surface area contributed by atoms with E-state index in [0.717, 1.165) is 22.7 Å². The van der Waals surface area contributed by atoms with Crippen LogP contribution in [-0.4, -0.2) is 4.98 Å². The SMILES string of the molecule is c1ccc2oc(CSc3ccc4c(c3)CCC4)nc2c1. The first-order valence-corrected chi connectivity index (χ1v) is 7.96. The molecule has 0 bridgehead atoms. The monoisotopic (exact) mass is 281 g/mol. The maximum atomic E-state index is 5.75. The van der Waals surface area contributed by atoms with E-state index in [-0.39, 0.29) is 0 Å². The molecule has 3 aromatic rings. The average molecular weight is 281 g/mol. The lowest BCUT2D eigenvalue weighted by Gasteiger charge is -2.03. The topological polar surface area (TPSA) is 26.0 Å². The molecule has 4 rings (SSSR count). The normalized spacial score (nSPS) is 13.8. The van der Waals surface area contributed by atoms with Crippen LogP contribution < -0.4 is 0 Å². The van der Waals surface area contributed by atoms with Crippen LogP contribution in [0.5, 0.6) is 0 Å². The molecule has 0 unspecified atom stereocenters. The molecule has 100 valence electrons. The van der Waals surface area contributed by atoms with Gasteiger partial charge in [-0.2, -0.15) is 0 Å². The molecule has 0 N–H and O–H groups in total. The Morgan fingerprint density at radius 1 is 1.05 bits per heavy atom. The van der Waals surface area contributed by atoms with Gasteiger partial charge in [0.15, 0.2) is 5.58 Å². The highest BCUT2D eigenvalue weighted by atomic mass is 32.2. The Bertz CT molecular complexity index is 730. The molecule has 0 saturated carbocycles. The maximum Gasteiger partial charge on any atom is 0.205 e. The van der Waals surface area contributed by atoms with E-state index < -0.39 is 0 Å². The van der Waals surface area contributed by atoms with Gasteiger partial charge in [0.2, 0.25) is 5.89 Å². The highest BCUT2D eigenvalue weighted by Crippen LogP contribution is 2.29. The molecule has 1 aromatic heterocycles. The highest BCUT2D eigenvalue weighted by molar-refractivity contribution is 7.98. The third-order valence-electron chi connectivity index (χ3n) is 3.77. The van der Waals surface area contributed by atoms with Crippen LogP contribution in [0.15, 0.2) is 51.8 Å². The van der Waals surface area contributed by atoms with Crippen LogP contribution in [0.25, 0.3) is 11.1 Å². The predicted molar refractivity (Wildman–Crippen MR) is 82.0 cm³/mol. The van der Waals surface area contributed by atoms with Gasteiger partial charge >= 0.3 is 0 Å². The highest BCUT2D eigenvalue weighted by Gasteiger charge is 2.11. The Kier molecular flexibility index (Phi) is 3.00. The summed E-state index contributed by atoms with van der Waals surface area (Å²) in [5.74, 6) is 1.59. The Labute approximate surface area is 122 Å². The molecule has 0 atom stereocenters. The number of fused-ring (bicyclic) bond motifs is 2. The molecule has 0 amide bonds. The van der Waals surface area contributed by atoms with Crippen molar-refractivity contribution < 1.29 is 4.42 Å². The number of hydrogen-bond donors (Lipinski definition) is 0. The Morgan fingerprint density at radius 3 is 2.90 bits per heavy atom. The van der Waals surface area contributed by atoms with Crippen molar-refractivity contribution in [2.24, 2.45) is 0 Å². The van der Waals surface area contributed by atoms with Gasteiger partial charge in [0.1, 0.15) is 5.52 Å². The van der Waals surface area contributed by atoms with Gasteiger partial charge in [-0.05, 0) is 54.7 Å². The predicted octanol–water partition coefficient (Wildman–Crippen LogP) is 4.61. The van der Waals surface area contributed by atoms with Gasteiger partial charge < -0.3 is 4.42 Å². The van der Waals surface area contributed by atoms with E-state index in [1.165, 1.54) is 35.3 Å². The van der Waals surface area contributed by atoms with Crippen LogP contribution in [-0.2, 0) is 18.6 Å². The lowest BCUT2D eigenvalue weighted by molar-refractivity contribution is 0.556. The van der Waals surface area contributed by atoms with Gasteiger partial charge in [0.05, 0.1) is 5.75 Å². The molecule has 2 aromatic carbocycles. The molecule has 1 heterocycles. The first-order valence-electron chi connectivity index (χ1n) is 6.97. The third kappa shape index (κ3) is 2.22. The minimum atomic E-state index is 0.785. The quantitative estimate of drug-likeness (QED) is 0.656. The van der Waals surface area contributed by atoms with Crippen molar-refractivity contribution in [1.29, 1.82) is 0 Å². The summed E-state index contributed by atoms with van der Waals surface area (Å²) in [5.41, 5.74) is 4.86. The number of rotatable bonds is 3. The lowest BCUT2D eigenvalue weighted by atomic mass is 10.1. The number of thioether (sulfide) groups is 1. The number of hydrogen-bond acceptors (Lipinski definition) is 3. The van der Waals surface area contributed by atoms with Crippen molar-refractivity contribution in [3.05, 3.63) is 59.5 Å². The van der Waals surface area contributed by atoms with Crippen LogP contribution in [0, 0.1) is 0 Å². The first kappa shape index (κ1) is 12.0. The van der Waals surface area contributed by atoms with E-state index in [2.05, 4.69) is 23.2 Å². The summed E-state index contributed by atoms with van der Waals surface area (Å²) < 4.78 is 5.75. The summed E-state index contributed by atoms with van der Waals surface area (Å²) in [5, 5.41) is 0. The molecule has 2 nitrogen and oxygen atoms in total. The van der Waals surface area contributed by atoms with Gasteiger partial charge in [-0.25, -0.2) is 4.98 Å². The summed E-state index contributed by atoms with van der Waals surface area (Å²) >= 11 is 1.80. The number of benzene rings is 2. The van der Waals surface area contributed by atoms with Crippen molar-refractivity contribution in [2.45, 2.75) is 29.9 Å². The summed E-state index contributed by atoms with van der Waals surface area (Å²) in [6.07, 6.45) is 3.77. The van der Waals surface area contributed by atoms with Crippen molar-refractivity contribution in [2.75, 3.05) is 0 Å². The molecule has 1 aliphatic rings. The zero-order chi connectivity index (χ0) is 13.4. The fourth-order valence-electron chi connectivity index (χ4n) is 2.76. The van der Waals surface area contributed by atoms with Crippen molar-refractivity contribution >= 4 is 22.9 Å². The van der Waals surface area contributed by atoms with Crippen molar-refractivity contribution in [3.8, 4) is 0 Å². The second kappa shape index (κ2) is 4.98. The first-order chi connectivity index (χ1) is 9.88. The number of aryl methyl sites for hydroxylation is 2. The van der Waals surface area contributed by atoms with E-state index in [9.17, 15) is 0 Å². The van der Waals surface area contributed by atoms with Crippen LogP contribution in [0.4, 0.5) is 0 Å². The zero-order valence-corrected chi connectivity index (χ0v) is 12.0. The lowest BCUT2D eigenvalue weighted by Crippen LogP contribution is -1.84. The number of nitrogens with zero attached hydrogens (tertiary/aromatic N) is 1. The summed E-state index contributed by atoms with van der Waals surface area (Å²) in [6.45, 7) is 0. The van der Waals surface area contributed by atoms with Crippen LogP contribution in [0.3, 0.4) is 0 Å². The van der Waals surface area contributed by atoms with E-state index >= 15 is 0 Å². The van der Waals surface area contributed by atoms with E-state index in [1.807, 2.05) is 24.3 Å². The maximum absolute atomic E-state index is 5.75. The van der Waals surface area contributed by atoms with E-state index in [4.69, 9.17) is 4.42 Å². The smallest absolute Gasteiger partial charge is 0.205 e. The van der Waals surface area contributed by atoms with Crippen LogP contribution in [0.2, 0.25) is 0 Å². The minimum absolute atomic E-state index is 0.785. The molecule has 0 radical (unpaired) electrons. The number of aromatic nitrogens is 1. The third-order valence-corrected chi connectivity index (χ3v) is 4.75. The molecule has 0 saturated heterocycles. The van der Waals surface area contributed by atoms with E-state index in [0.29, 0.717) is 0 Å². The van der Waals surface area contributed by atoms with Gasteiger partial charge in [0, 0.05) is 4.90 Å². The second-order valence-electron chi connectivity index (χ2n) is 5.15. The number of oxazole rings is 1. The molecular formula is C17H15NOS. The zero-order valence-electron chi connectivity index (χ0n) is 11.1. The Hall–Kier alpha value is -1.74. The molecule has 1 aliphatic carbocycles. The Balaban J connectivity index is 1.52. The second-order valence-corrected chi connectivity index (χ2v) is 6.20. The largest absolute Gasteiger partial charge is 0.440 e. The fraction of sp³-hybridized carbons (Fsp3) is 0.235. The Morgan fingerprint density at radius 2 is 1.95 bits per heavy atom. The van der Waals surface area contributed by atoms with E-state index in [1.54, 1.807) is 11.8 Å². The molecule has 0 spiro atoms. The van der Waals surface area contributed by atoms with Crippen molar-refractivity contribution in [1.82, 2.24) is 4.98 Å². The van der Waals surface area contributed by atoms with Gasteiger partial charge in [-0.1, -0.05) is 18.2 Å². The van der Waals surface area contributed by atoms with Gasteiger partial charge in [-0.15, -0.1) is 11.8 Å². The average Bonchev–Trinajstić information content (AvgIpc) is 3.10. The summed E-state index contributed by atoms with van der Waals surface area (Å²) in [7, 11) is 0. The molecular weight excluding hydrogens is 266 g/mol. The van der Waals surface area contributed by atoms with Gasteiger partial charge in [-0.3, -0.25) is 0 Å². The molecule has 20 heavy (non-hydrogen) atoms. The van der Waals surface area contributed by atoms with Crippen LogP contribution in [0.1, 0.15) is 23.4 Å². The summed E-state index contributed by atoms with van der Waals surface area (Å²) in [6, 6.07) is 14.7. The standard InChI is InChI=1S/C17H15NOS/c1-2-7-16-15(6-1)18-17(19-16)11-20-14-9-8-12-4-3-5-13(12)10-14/h1-2,6-10H,3-5,11H2. The number of para-hydroxylation sites is 2. The molecule has 3 heteroatoms. The fourth-order valence-corrected chi connectivity index (χ4v) is 3.57.